The zero-order chi connectivity index (χ0) is 20.4. The molecule has 0 amide bonds. The van der Waals surface area contributed by atoms with Crippen molar-refractivity contribution in [3.8, 4) is 5.75 Å². The Balaban J connectivity index is 1.47. The number of carbonyl (C=O) groups is 2. The normalized spacial score (nSPS) is 33.1. The van der Waals surface area contributed by atoms with Gasteiger partial charge in [-0.2, -0.15) is 0 Å². The van der Waals surface area contributed by atoms with Gasteiger partial charge in [-0.3, -0.25) is 9.59 Å². The Kier molecular flexibility index (Phi) is 3.88. The quantitative estimate of drug-likeness (QED) is 0.735. The highest BCUT2D eigenvalue weighted by molar-refractivity contribution is 6.02. The molecule has 0 saturated carbocycles. The highest BCUT2D eigenvalue weighted by Crippen LogP contribution is 2.54. The molecule has 3 saturated heterocycles. The molecule has 0 spiro atoms. The van der Waals surface area contributed by atoms with Gasteiger partial charge in [-0.15, -0.1) is 0 Å². The number of methoxy groups -OCH3 is 1. The van der Waals surface area contributed by atoms with E-state index < -0.39 is 12.3 Å². The lowest BCUT2D eigenvalue weighted by Gasteiger charge is -2.34. The first-order valence-electron chi connectivity index (χ1n) is 10.2. The summed E-state index contributed by atoms with van der Waals surface area (Å²) in [7, 11) is 1.60. The van der Waals surface area contributed by atoms with Crippen LogP contribution in [-0.4, -0.2) is 48.6 Å². The summed E-state index contributed by atoms with van der Waals surface area (Å²) >= 11 is 0. The molecule has 152 valence electrons. The predicted molar refractivity (Wildman–Crippen MR) is 108 cm³/mol. The molecule has 4 aliphatic rings. The topological polar surface area (TPSA) is 65.1 Å². The van der Waals surface area contributed by atoms with Gasteiger partial charge in [-0.05, 0) is 41.5 Å². The van der Waals surface area contributed by atoms with E-state index in [-0.39, 0.29) is 35.5 Å². The molecule has 2 aromatic rings. The van der Waals surface area contributed by atoms with E-state index in [9.17, 15) is 9.59 Å². The molecule has 0 radical (unpaired) electrons. The summed E-state index contributed by atoms with van der Waals surface area (Å²) in [6.45, 7) is 0.343. The number of fused-ring (bicyclic) bond motifs is 8. The van der Waals surface area contributed by atoms with Crippen molar-refractivity contribution in [1.29, 1.82) is 0 Å². The van der Waals surface area contributed by atoms with Crippen LogP contribution in [0.2, 0.25) is 0 Å². The van der Waals surface area contributed by atoms with E-state index in [1.807, 2.05) is 30.5 Å². The third kappa shape index (κ3) is 2.38. The highest BCUT2D eigenvalue weighted by atomic mass is 16.7. The van der Waals surface area contributed by atoms with Crippen LogP contribution in [-0.2, 0) is 14.3 Å². The van der Waals surface area contributed by atoms with Gasteiger partial charge >= 0.3 is 0 Å². The van der Waals surface area contributed by atoms with Gasteiger partial charge < -0.3 is 19.1 Å². The van der Waals surface area contributed by atoms with Crippen LogP contribution in [0.1, 0.15) is 27.5 Å². The number of benzene rings is 2. The van der Waals surface area contributed by atoms with Crippen LogP contribution in [0.3, 0.4) is 0 Å². The van der Waals surface area contributed by atoms with E-state index in [0.717, 1.165) is 11.1 Å². The first-order valence-corrected chi connectivity index (χ1v) is 10.2. The number of nitrogens with zero attached hydrogens (tertiary/aromatic N) is 1. The van der Waals surface area contributed by atoms with E-state index in [0.29, 0.717) is 17.9 Å². The average Bonchev–Trinajstić information content (AvgIpc) is 3.38. The first-order chi connectivity index (χ1) is 14.7. The van der Waals surface area contributed by atoms with Gasteiger partial charge in [0.25, 0.3) is 0 Å². The van der Waals surface area contributed by atoms with Crippen molar-refractivity contribution in [3.05, 3.63) is 71.4 Å². The van der Waals surface area contributed by atoms with Crippen LogP contribution in [0.15, 0.2) is 54.7 Å². The third-order valence-corrected chi connectivity index (χ3v) is 6.85. The molecule has 3 fully saturated rings. The number of ether oxygens (including phenoxy) is 3. The second-order valence-corrected chi connectivity index (χ2v) is 8.22. The minimum absolute atomic E-state index is 0.0130. The Morgan fingerprint density at radius 3 is 2.73 bits per heavy atom. The number of hydrogen-bond donors (Lipinski definition) is 0. The molecular formula is C24H21NO5. The number of rotatable bonds is 3. The van der Waals surface area contributed by atoms with Gasteiger partial charge in [0, 0.05) is 17.7 Å². The van der Waals surface area contributed by atoms with Gasteiger partial charge in [0.1, 0.15) is 5.75 Å². The van der Waals surface area contributed by atoms with Gasteiger partial charge in [0.15, 0.2) is 11.6 Å². The fourth-order valence-electron chi connectivity index (χ4n) is 5.55. The Hall–Kier alpha value is -2.96. The Morgan fingerprint density at radius 2 is 1.93 bits per heavy atom. The molecule has 0 aliphatic carbocycles. The lowest BCUT2D eigenvalue weighted by atomic mass is 9.75. The van der Waals surface area contributed by atoms with Crippen molar-refractivity contribution in [2.45, 2.75) is 24.5 Å². The van der Waals surface area contributed by atoms with E-state index in [2.05, 4.69) is 11.0 Å². The van der Waals surface area contributed by atoms with E-state index >= 15 is 0 Å². The largest absolute Gasteiger partial charge is 0.497 e. The van der Waals surface area contributed by atoms with Crippen LogP contribution in [0.4, 0.5) is 0 Å². The first kappa shape index (κ1) is 17.9. The molecule has 0 aromatic heterocycles. The summed E-state index contributed by atoms with van der Waals surface area (Å²) in [5.74, 6) is 0.0322. The van der Waals surface area contributed by atoms with Crippen molar-refractivity contribution in [2.75, 3.05) is 13.7 Å². The lowest BCUT2D eigenvalue weighted by Crippen LogP contribution is -2.48. The zero-order valence-electron chi connectivity index (χ0n) is 16.4. The Bertz CT molecular complexity index is 1060. The third-order valence-electron chi connectivity index (χ3n) is 6.85. The smallest absolute Gasteiger partial charge is 0.218 e. The highest BCUT2D eigenvalue weighted by Gasteiger charge is 2.63. The minimum atomic E-state index is -0.814. The second kappa shape index (κ2) is 6.52. The van der Waals surface area contributed by atoms with Gasteiger partial charge in [-0.25, -0.2) is 0 Å². The second-order valence-electron chi connectivity index (χ2n) is 8.22. The molecule has 4 heterocycles. The van der Waals surface area contributed by atoms with Gasteiger partial charge in [-0.1, -0.05) is 24.3 Å². The fraction of sp³-hybridized carbons (Fsp3) is 0.333. The van der Waals surface area contributed by atoms with Crippen molar-refractivity contribution >= 4 is 17.6 Å². The summed E-state index contributed by atoms with van der Waals surface area (Å²) in [6, 6.07) is 14.5. The minimum Gasteiger partial charge on any atom is -0.497 e. The molecule has 4 aliphatic heterocycles. The van der Waals surface area contributed by atoms with Crippen LogP contribution in [0.5, 0.6) is 5.75 Å². The standard InChI is InChI=1S/C24H21NO5/c1-28-15-8-6-14(7-9-15)22(26)21-18-17-12-29-24(30-17)23(27)19(18)20-16-5-3-2-4-13(16)10-11-25(20)21/h2-11,17-21,24H,12H2,1H3/t17-,18+,19-,20+,21+,24-/m1/s1. The maximum absolute atomic E-state index is 13.7. The molecule has 6 atom stereocenters. The zero-order valence-corrected chi connectivity index (χ0v) is 16.4. The summed E-state index contributed by atoms with van der Waals surface area (Å²) in [5, 5.41) is 0. The molecule has 30 heavy (non-hydrogen) atoms. The van der Waals surface area contributed by atoms with Crippen molar-refractivity contribution in [2.24, 2.45) is 11.8 Å². The summed E-state index contributed by atoms with van der Waals surface area (Å²) in [5.41, 5.74) is 2.76. The summed E-state index contributed by atoms with van der Waals surface area (Å²) in [6.07, 6.45) is 2.92. The average molecular weight is 403 g/mol. The molecule has 6 nitrogen and oxygen atoms in total. The molecule has 2 bridgehead atoms. The van der Waals surface area contributed by atoms with E-state index in [1.54, 1.807) is 31.4 Å². The van der Waals surface area contributed by atoms with Crippen LogP contribution in [0.25, 0.3) is 6.08 Å². The molecule has 6 rings (SSSR count). The van der Waals surface area contributed by atoms with E-state index in [4.69, 9.17) is 14.2 Å². The summed E-state index contributed by atoms with van der Waals surface area (Å²) in [4.78, 5) is 29.1. The molecule has 2 aromatic carbocycles. The Morgan fingerprint density at radius 1 is 1.13 bits per heavy atom. The Labute approximate surface area is 174 Å². The number of hydrogen-bond acceptors (Lipinski definition) is 6. The number of ketones is 2. The lowest BCUT2D eigenvalue weighted by molar-refractivity contribution is -0.164. The van der Waals surface area contributed by atoms with E-state index in [1.165, 1.54) is 0 Å². The van der Waals surface area contributed by atoms with Crippen LogP contribution < -0.4 is 4.74 Å². The predicted octanol–water partition coefficient (Wildman–Crippen LogP) is 2.84. The van der Waals surface area contributed by atoms with Crippen molar-refractivity contribution in [3.63, 3.8) is 0 Å². The maximum Gasteiger partial charge on any atom is 0.218 e. The maximum atomic E-state index is 13.7. The number of carbonyl (C=O) groups excluding carboxylic acids is 2. The monoisotopic (exact) mass is 403 g/mol. The molecule has 0 N–H and O–H groups in total. The van der Waals surface area contributed by atoms with Gasteiger partial charge in [0.2, 0.25) is 6.29 Å². The van der Waals surface area contributed by atoms with Crippen LogP contribution >= 0.6 is 0 Å². The number of Topliss-reactive ketones (excluding diaryl/α,β-unsaturated/α-hetero) is 2. The molecule has 6 heteroatoms. The van der Waals surface area contributed by atoms with Gasteiger partial charge in [0.05, 0.1) is 37.8 Å². The summed E-state index contributed by atoms with van der Waals surface area (Å²) < 4.78 is 16.7. The van der Waals surface area contributed by atoms with Crippen molar-refractivity contribution < 1.29 is 23.8 Å². The SMILES string of the molecule is COc1ccc(C(=O)[C@@H]2[C@@H]3[C@@H](C(=O)[C@@H]4OC[C@H]3O4)[C@@H]3c4ccccc4C=CN23)cc1. The molecule has 0 unspecified atom stereocenters. The van der Waals surface area contributed by atoms with Crippen LogP contribution in [0, 0.1) is 11.8 Å². The molecular weight excluding hydrogens is 382 g/mol. The van der Waals surface area contributed by atoms with Crippen molar-refractivity contribution in [1.82, 2.24) is 4.90 Å². The fourth-order valence-corrected chi connectivity index (χ4v) is 5.55.